The van der Waals surface area contributed by atoms with Gasteiger partial charge in [0.1, 0.15) is 11.1 Å². The molecule has 3 rings (SSSR count). The van der Waals surface area contributed by atoms with Gasteiger partial charge in [0.2, 0.25) is 5.91 Å². The second-order valence-corrected chi connectivity index (χ2v) is 7.30. The van der Waals surface area contributed by atoms with Crippen molar-refractivity contribution in [3.8, 4) is 6.07 Å². The van der Waals surface area contributed by atoms with Crippen LogP contribution in [0.5, 0.6) is 0 Å². The molecule has 0 saturated heterocycles. The van der Waals surface area contributed by atoms with Gasteiger partial charge in [-0.15, -0.1) is 22.7 Å². The summed E-state index contributed by atoms with van der Waals surface area (Å²) in [5.74, 6) is -0.179. The van der Waals surface area contributed by atoms with Gasteiger partial charge in [-0.2, -0.15) is 5.26 Å². The van der Waals surface area contributed by atoms with E-state index < -0.39 is 0 Å². The molecule has 0 saturated carbocycles. The molecule has 1 N–H and O–H groups in total. The fraction of sp³-hybridized carbons (Fsp3) is 0.294. The zero-order valence-electron chi connectivity index (χ0n) is 12.1. The van der Waals surface area contributed by atoms with Crippen LogP contribution in [0, 0.1) is 11.3 Å². The number of hydrogen-bond acceptors (Lipinski definition) is 4. The fourth-order valence-corrected chi connectivity index (χ4v) is 4.51. The van der Waals surface area contributed by atoms with E-state index in [0.717, 1.165) is 29.7 Å². The van der Waals surface area contributed by atoms with Gasteiger partial charge in [0, 0.05) is 15.8 Å². The Morgan fingerprint density at radius 1 is 1.32 bits per heavy atom. The number of rotatable bonds is 3. The highest BCUT2D eigenvalue weighted by Crippen LogP contribution is 2.36. The van der Waals surface area contributed by atoms with E-state index in [1.54, 1.807) is 28.7 Å². The predicted molar refractivity (Wildman–Crippen MR) is 92.3 cm³/mol. The van der Waals surface area contributed by atoms with E-state index >= 15 is 0 Å². The van der Waals surface area contributed by atoms with Crippen molar-refractivity contribution in [3.05, 3.63) is 44.5 Å². The van der Waals surface area contributed by atoms with E-state index in [1.165, 1.54) is 23.8 Å². The number of fused-ring (bicyclic) bond motifs is 1. The van der Waals surface area contributed by atoms with E-state index in [1.807, 2.05) is 17.5 Å². The Labute approximate surface area is 137 Å². The second-order valence-electron chi connectivity index (χ2n) is 5.22. The number of carbonyl (C=O) groups excluding carboxylic acids is 1. The molecule has 0 aromatic carbocycles. The first-order chi connectivity index (χ1) is 10.8. The van der Waals surface area contributed by atoms with E-state index in [4.69, 9.17) is 0 Å². The van der Waals surface area contributed by atoms with Gasteiger partial charge in [-0.1, -0.05) is 12.5 Å². The third-order valence-electron chi connectivity index (χ3n) is 3.71. The molecule has 2 aromatic heterocycles. The maximum Gasteiger partial charge on any atom is 0.249 e. The van der Waals surface area contributed by atoms with Crippen LogP contribution in [0.15, 0.2) is 23.6 Å². The standard InChI is InChI=1S/C17H16N2OS2/c18-11-14-13-6-2-1-3-7-15(13)22-17(14)19-16(20)9-8-12-5-4-10-21-12/h4-5,8-10H,1-3,6-7H2,(H,19,20). The molecule has 0 spiro atoms. The van der Waals surface area contributed by atoms with Gasteiger partial charge in [0.05, 0.1) is 5.56 Å². The monoisotopic (exact) mass is 328 g/mol. The van der Waals surface area contributed by atoms with Crippen molar-refractivity contribution in [3.63, 3.8) is 0 Å². The van der Waals surface area contributed by atoms with Gasteiger partial charge in [0.15, 0.2) is 0 Å². The van der Waals surface area contributed by atoms with Crippen molar-refractivity contribution < 1.29 is 4.79 Å². The Balaban J connectivity index is 1.77. The molecule has 22 heavy (non-hydrogen) atoms. The Hall–Kier alpha value is -1.90. The van der Waals surface area contributed by atoms with Crippen LogP contribution >= 0.6 is 22.7 Å². The number of aryl methyl sites for hydroxylation is 1. The lowest BCUT2D eigenvalue weighted by molar-refractivity contribution is -0.111. The summed E-state index contributed by atoms with van der Waals surface area (Å²) >= 11 is 3.15. The number of amides is 1. The molecule has 1 aliphatic carbocycles. The highest BCUT2D eigenvalue weighted by Gasteiger charge is 2.20. The third kappa shape index (κ3) is 3.29. The normalized spacial score (nSPS) is 14.3. The summed E-state index contributed by atoms with van der Waals surface area (Å²) in [5, 5.41) is 15.0. The Morgan fingerprint density at radius 3 is 2.95 bits per heavy atom. The van der Waals surface area contributed by atoms with E-state index in [-0.39, 0.29) is 5.91 Å². The molecule has 112 valence electrons. The molecule has 2 aromatic rings. The zero-order chi connectivity index (χ0) is 15.4. The molecule has 1 aliphatic rings. The maximum absolute atomic E-state index is 12.1. The minimum atomic E-state index is -0.179. The number of nitriles is 1. The quantitative estimate of drug-likeness (QED) is 0.661. The van der Waals surface area contributed by atoms with Crippen molar-refractivity contribution in [1.82, 2.24) is 0 Å². The highest BCUT2D eigenvalue weighted by atomic mass is 32.1. The SMILES string of the molecule is N#Cc1c(NC(=O)C=Cc2cccs2)sc2c1CCCCC2. The van der Waals surface area contributed by atoms with Gasteiger partial charge in [-0.25, -0.2) is 0 Å². The minimum Gasteiger partial charge on any atom is -0.313 e. The molecule has 0 bridgehead atoms. The lowest BCUT2D eigenvalue weighted by Crippen LogP contribution is -2.07. The Kier molecular flexibility index (Phi) is 4.71. The first kappa shape index (κ1) is 15.0. The topological polar surface area (TPSA) is 52.9 Å². The van der Waals surface area contributed by atoms with Gasteiger partial charge < -0.3 is 5.32 Å². The molecule has 0 fully saturated rings. The van der Waals surface area contributed by atoms with Crippen LogP contribution in [0.25, 0.3) is 6.08 Å². The number of nitrogens with zero attached hydrogens (tertiary/aromatic N) is 1. The molecule has 0 atom stereocenters. The molecule has 5 heteroatoms. The van der Waals surface area contributed by atoms with Crippen LogP contribution in [0.4, 0.5) is 5.00 Å². The number of anilines is 1. The zero-order valence-corrected chi connectivity index (χ0v) is 13.7. The van der Waals surface area contributed by atoms with Crippen molar-refractivity contribution in [2.45, 2.75) is 32.1 Å². The van der Waals surface area contributed by atoms with Crippen LogP contribution in [-0.4, -0.2) is 5.91 Å². The van der Waals surface area contributed by atoms with Crippen molar-refractivity contribution in [1.29, 1.82) is 5.26 Å². The Morgan fingerprint density at radius 2 is 2.18 bits per heavy atom. The molecular weight excluding hydrogens is 312 g/mol. The highest BCUT2D eigenvalue weighted by molar-refractivity contribution is 7.16. The summed E-state index contributed by atoms with van der Waals surface area (Å²) in [5.41, 5.74) is 1.82. The fourth-order valence-electron chi connectivity index (χ4n) is 2.65. The first-order valence-electron chi connectivity index (χ1n) is 7.35. The maximum atomic E-state index is 12.1. The second kappa shape index (κ2) is 6.91. The summed E-state index contributed by atoms with van der Waals surface area (Å²) in [7, 11) is 0. The molecule has 0 aliphatic heterocycles. The van der Waals surface area contributed by atoms with Crippen LogP contribution in [0.3, 0.4) is 0 Å². The molecule has 0 radical (unpaired) electrons. The minimum absolute atomic E-state index is 0.179. The number of thiophene rings is 2. The average Bonchev–Trinajstić information content (AvgIpc) is 3.08. The summed E-state index contributed by atoms with van der Waals surface area (Å²) in [4.78, 5) is 14.4. The summed E-state index contributed by atoms with van der Waals surface area (Å²) in [6, 6.07) is 6.19. The first-order valence-corrected chi connectivity index (χ1v) is 9.05. The molecule has 2 heterocycles. The number of carbonyl (C=O) groups is 1. The number of nitrogens with one attached hydrogen (secondary N) is 1. The van der Waals surface area contributed by atoms with E-state index in [0.29, 0.717) is 10.6 Å². The van der Waals surface area contributed by atoms with Crippen LogP contribution in [-0.2, 0) is 17.6 Å². The molecule has 3 nitrogen and oxygen atoms in total. The molecule has 0 unspecified atom stereocenters. The van der Waals surface area contributed by atoms with Crippen molar-refractivity contribution >= 4 is 39.7 Å². The van der Waals surface area contributed by atoms with Gasteiger partial charge in [0.25, 0.3) is 0 Å². The smallest absolute Gasteiger partial charge is 0.249 e. The number of hydrogen-bond donors (Lipinski definition) is 1. The van der Waals surface area contributed by atoms with Crippen LogP contribution in [0.1, 0.15) is 40.1 Å². The third-order valence-corrected chi connectivity index (χ3v) is 5.76. The summed E-state index contributed by atoms with van der Waals surface area (Å²) in [6.45, 7) is 0. The van der Waals surface area contributed by atoms with Gasteiger partial charge in [-0.3, -0.25) is 4.79 Å². The lowest BCUT2D eigenvalue weighted by atomic mass is 10.1. The lowest BCUT2D eigenvalue weighted by Gasteiger charge is -2.00. The van der Waals surface area contributed by atoms with Gasteiger partial charge in [-0.05, 0) is 48.8 Å². The largest absolute Gasteiger partial charge is 0.313 e. The van der Waals surface area contributed by atoms with Crippen LogP contribution < -0.4 is 5.32 Å². The van der Waals surface area contributed by atoms with Crippen molar-refractivity contribution in [2.24, 2.45) is 0 Å². The Bertz CT molecular complexity index is 736. The van der Waals surface area contributed by atoms with Crippen molar-refractivity contribution in [2.75, 3.05) is 5.32 Å². The van der Waals surface area contributed by atoms with Crippen LogP contribution in [0.2, 0.25) is 0 Å². The van der Waals surface area contributed by atoms with Gasteiger partial charge >= 0.3 is 0 Å². The van der Waals surface area contributed by atoms with E-state index in [2.05, 4.69) is 11.4 Å². The predicted octanol–water partition coefficient (Wildman–Crippen LogP) is 4.60. The summed E-state index contributed by atoms with van der Waals surface area (Å²) < 4.78 is 0. The molecular formula is C17H16N2OS2. The molecule has 1 amide bonds. The average molecular weight is 328 g/mol. The van der Waals surface area contributed by atoms with E-state index in [9.17, 15) is 10.1 Å². The summed E-state index contributed by atoms with van der Waals surface area (Å²) in [6.07, 6.45) is 8.82.